The van der Waals surface area contributed by atoms with Crippen molar-refractivity contribution in [1.82, 2.24) is 14.5 Å². The van der Waals surface area contributed by atoms with Gasteiger partial charge in [0, 0.05) is 18.2 Å². The van der Waals surface area contributed by atoms with Crippen LogP contribution in [0.1, 0.15) is 33.5 Å². The molecular weight excluding hydrogens is 267 g/mol. The molecule has 116 valence electrons. The third-order valence-corrected chi connectivity index (χ3v) is 3.61. The van der Waals surface area contributed by atoms with Crippen molar-refractivity contribution in [3.05, 3.63) is 29.8 Å². The standard InChI is InChI=1S/C16H25FN4/c1-5-20(6-2)10-15-19-13-9-12(17)7-8-14(13)21(15)11-16(3,4)18/h7-9H,5-6,10-11,18H2,1-4H3. The summed E-state index contributed by atoms with van der Waals surface area (Å²) in [6.07, 6.45) is 0. The number of nitrogens with zero attached hydrogens (tertiary/aromatic N) is 3. The molecule has 0 aliphatic rings. The van der Waals surface area contributed by atoms with Crippen molar-refractivity contribution in [3.8, 4) is 0 Å². The van der Waals surface area contributed by atoms with Crippen molar-refractivity contribution >= 4 is 11.0 Å². The Hall–Kier alpha value is -1.46. The third-order valence-electron chi connectivity index (χ3n) is 3.61. The molecule has 1 aromatic carbocycles. The minimum atomic E-state index is -0.347. The fourth-order valence-electron chi connectivity index (χ4n) is 2.50. The lowest BCUT2D eigenvalue weighted by molar-refractivity contribution is 0.280. The van der Waals surface area contributed by atoms with E-state index in [1.807, 2.05) is 13.8 Å². The van der Waals surface area contributed by atoms with Gasteiger partial charge in [0.25, 0.3) is 0 Å². The lowest BCUT2D eigenvalue weighted by Gasteiger charge is -2.23. The molecule has 0 aliphatic heterocycles. The summed E-state index contributed by atoms with van der Waals surface area (Å²) in [5, 5.41) is 0. The van der Waals surface area contributed by atoms with Gasteiger partial charge < -0.3 is 10.3 Å². The number of hydrogen-bond acceptors (Lipinski definition) is 3. The van der Waals surface area contributed by atoms with E-state index in [1.54, 1.807) is 6.07 Å². The van der Waals surface area contributed by atoms with Gasteiger partial charge in [-0.25, -0.2) is 9.37 Å². The van der Waals surface area contributed by atoms with Gasteiger partial charge in [0.2, 0.25) is 0 Å². The molecule has 5 heteroatoms. The maximum atomic E-state index is 13.4. The predicted molar refractivity (Wildman–Crippen MR) is 84.6 cm³/mol. The van der Waals surface area contributed by atoms with E-state index in [0.29, 0.717) is 12.1 Å². The summed E-state index contributed by atoms with van der Waals surface area (Å²) < 4.78 is 15.5. The summed E-state index contributed by atoms with van der Waals surface area (Å²) in [6.45, 7) is 11.6. The summed E-state index contributed by atoms with van der Waals surface area (Å²) >= 11 is 0. The molecule has 4 nitrogen and oxygen atoms in total. The quantitative estimate of drug-likeness (QED) is 0.890. The van der Waals surface area contributed by atoms with E-state index in [1.165, 1.54) is 12.1 Å². The molecule has 1 aromatic heterocycles. The number of benzene rings is 1. The maximum absolute atomic E-state index is 13.4. The number of rotatable bonds is 6. The SMILES string of the molecule is CCN(CC)Cc1nc2cc(F)ccc2n1CC(C)(C)N. The van der Waals surface area contributed by atoms with Gasteiger partial charge in [0.05, 0.1) is 17.6 Å². The molecule has 21 heavy (non-hydrogen) atoms. The third kappa shape index (κ3) is 3.80. The zero-order chi connectivity index (χ0) is 15.6. The van der Waals surface area contributed by atoms with E-state index in [-0.39, 0.29) is 11.4 Å². The van der Waals surface area contributed by atoms with Gasteiger partial charge in [-0.2, -0.15) is 0 Å². The number of aromatic nitrogens is 2. The van der Waals surface area contributed by atoms with Gasteiger partial charge >= 0.3 is 0 Å². The average molecular weight is 292 g/mol. The zero-order valence-electron chi connectivity index (χ0n) is 13.4. The van der Waals surface area contributed by atoms with Gasteiger partial charge in [-0.05, 0) is 39.1 Å². The highest BCUT2D eigenvalue weighted by molar-refractivity contribution is 5.76. The van der Waals surface area contributed by atoms with Gasteiger partial charge in [-0.1, -0.05) is 13.8 Å². The summed E-state index contributed by atoms with van der Waals surface area (Å²) in [6, 6.07) is 4.75. The summed E-state index contributed by atoms with van der Waals surface area (Å²) in [7, 11) is 0. The van der Waals surface area contributed by atoms with Gasteiger partial charge in [-0.3, -0.25) is 4.90 Å². The molecule has 1 heterocycles. The van der Waals surface area contributed by atoms with Gasteiger partial charge in [0.15, 0.2) is 0 Å². The lowest BCUT2D eigenvalue weighted by atomic mass is 10.1. The highest BCUT2D eigenvalue weighted by Crippen LogP contribution is 2.20. The molecular formula is C16H25FN4. The van der Waals surface area contributed by atoms with Crippen LogP contribution in [0.4, 0.5) is 4.39 Å². The zero-order valence-corrected chi connectivity index (χ0v) is 13.4. The van der Waals surface area contributed by atoms with Crippen LogP contribution in [0, 0.1) is 5.82 Å². The van der Waals surface area contributed by atoms with E-state index in [9.17, 15) is 4.39 Å². The molecule has 2 aromatic rings. The number of hydrogen-bond donors (Lipinski definition) is 1. The second-order valence-electron chi connectivity index (χ2n) is 6.20. The van der Waals surface area contributed by atoms with Crippen LogP contribution in [0.25, 0.3) is 11.0 Å². The van der Waals surface area contributed by atoms with E-state index in [4.69, 9.17) is 5.73 Å². The van der Waals surface area contributed by atoms with Crippen LogP contribution >= 0.6 is 0 Å². The highest BCUT2D eigenvalue weighted by atomic mass is 19.1. The Morgan fingerprint density at radius 1 is 1.29 bits per heavy atom. The Morgan fingerprint density at radius 3 is 2.52 bits per heavy atom. The molecule has 2 N–H and O–H groups in total. The Balaban J connectivity index is 2.48. The Morgan fingerprint density at radius 2 is 1.95 bits per heavy atom. The Labute approximate surface area is 125 Å². The fraction of sp³-hybridized carbons (Fsp3) is 0.562. The molecule has 0 aliphatic carbocycles. The molecule has 2 rings (SSSR count). The van der Waals surface area contributed by atoms with Crippen LogP contribution in [-0.4, -0.2) is 33.1 Å². The monoisotopic (exact) mass is 292 g/mol. The molecule has 0 fully saturated rings. The first-order chi connectivity index (χ1) is 9.84. The van der Waals surface area contributed by atoms with Crippen molar-refractivity contribution < 1.29 is 4.39 Å². The number of nitrogens with two attached hydrogens (primary N) is 1. The number of fused-ring (bicyclic) bond motifs is 1. The fourth-order valence-corrected chi connectivity index (χ4v) is 2.50. The second kappa shape index (κ2) is 6.12. The van der Waals surface area contributed by atoms with Crippen molar-refractivity contribution in [2.45, 2.75) is 46.3 Å². The largest absolute Gasteiger partial charge is 0.325 e. The summed E-state index contributed by atoms with van der Waals surface area (Å²) in [4.78, 5) is 6.91. The second-order valence-corrected chi connectivity index (χ2v) is 6.20. The minimum Gasteiger partial charge on any atom is -0.325 e. The number of halogens is 1. The van der Waals surface area contributed by atoms with Crippen LogP contribution in [0.3, 0.4) is 0 Å². The van der Waals surface area contributed by atoms with Crippen LogP contribution in [0.15, 0.2) is 18.2 Å². The smallest absolute Gasteiger partial charge is 0.125 e. The normalized spacial score (nSPS) is 12.5. The first-order valence-electron chi connectivity index (χ1n) is 7.50. The Kier molecular flexibility index (Phi) is 4.64. The van der Waals surface area contributed by atoms with E-state index in [0.717, 1.165) is 31.0 Å². The molecule has 0 amide bonds. The van der Waals surface area contributed by atoms with E-state index in [2.05, 4.69) is 28.3 Å². The van der Waals surface area contributed by atoms with Crippen molar-refractivity contribution in [3.63, 3.8) is 0 Å². The van der Waals surface area contributed by atoms with Crippen LogP contribution < -0.4 is 5.73 Å². The maximum Gasteiger partial charge on any atom is 0.125 e. The average Bonchev–Trinajstić information content (AvgIpc) is 2.71. The molecule has 0 bridgehead atoms. The summed E-state index contributed by atoms with van der Waals surface area (Å²) in [5.74, 6) is 0.686. The number of imidazole rings is 1. The molecule has 0 saturated carbocycles. The Bertz CT molecular complexity index is 608. The van der Waals surface area contributed by atoms with Crippen molar-refractivity contribution in [2.24, 2.45) is 5.73 Å². The molecule has 0 radical (unpaired) electrons. The van der Waals surface area contributed by atoms with E-state index < -0.39 is 0 Å². The first-order valence-corrected chi connectivity index (χ1v) is 7.50. The van der Waals surface area contributed by atoms with Crippen LogP contribution in [0.5, 0.6) is 0 Å². The topological polar surface area (TPSA) is 47.1 Å². The molecule has 0 spiro atoms. The van der Waals surface area contributed by atoms with Gasteiger partial charge in [0.1, 0.15) is 11.6 Å². The molecule has 0 unspecified atom stereocenters. The first kappa shape index (κ1) is 15.9. The van der Waals surface area contributed by atoms with Crippen molar-refractivity contribution in [2.75, 3.05) is 13.1 Å². The minimum absolute atomic E-state index is 0.256. The summed E-state index contributed by atoms with van der Waals surface area (Å²) in [5.41, 5.74) is 7.47. The van der Waals surface area contributed by atoms with Crippen LogP contribution in [-0.2, 0) is 13.1 Å². The highest BCUT2D eigenvalue weighted by Gasteiger charge is 2.19. The molecule has 0 saturated heterocycles. The van der Waals surface area contributed by atoms with Gasteiger partial charge in [-0.15, -0.1) is 0 Å². The van der Waals surface area contributed by atoms with Crippen molar-refractivity contribution in [1.29, 1.82) is 0 Å². The van der Waals surface area contributed by atoms with Crippen LogP contribution in [0.2, 0.25) is 0 Å². The lowest BCUT2D eigenvalue weighted by Crippen LogP contribution is -2.38. The van der Waals surface area contributed by atoms with E-state index >= 15 is 0 Å². The molecule has 0 atom stereocenters. The predicted octanol–water partition coefficient (Wildman–Crippen LogP) is 2.75.